The molecule has 0 bridgehead atoms. The minimum atomic E-state index is -0.696. The minimum absolute atomic E-state index is 0.0228. The number of aromatic nitrogens is 2. The Hall–Kier alpha value is -3.30. The number of hydrogen-bond acceptors (Lipinski definition) is 7. The summed E-state index contributed by atoms with van der Waals surface area (Å²) in [5.74, 6) is 0.260. The van der Waals surface area contributed by atoms with Crippen LogP contribution in [-0.2, 0) is 0 Å². The van der Waals surface area contributed by atoms with Crippen molar-refractivity contribution in [2.75, 3.05) is 11.5 Å². The molecule has 2 aromatic heterocycles. The lowest BCUT2D eigenvalue weighted by atomic mass is 9.98. The average Bonchev–Trinajstić information content (AvgIpc) is 3.34. The van der Waals surface area contributed by atoms with Gasteiger partial charge in [0, 0.05) is 4.47 Å². The van der Waals surface area contributed by atoms with Crippen LogP contribution in [0.25, 0.3) is 11.0 Å². The summed E-state index contributed by atoms with van der Waals surface area (Å²) in [5, 5.41) is 9.73. The summed E-state index contributed by atoms with van der Waals surface area (Å²) < 4.78 is 12.3. The number of halogens is 1. The third-order valence-electron chi connectivity index (χ3n) is 5.12. The highest BCUT2D eigenvalue weighted by Gasteiger charge is 2.45. The van der Waals surface area contributed by atoms with Gasteiger partial charge in [0.2, 0.25) is 10.9 Å². The molecule has 9 heteroatoms. The van der Waals surface area contributed by atoms with Gasteiger partial charge in [-0.3, -0.25) is 14.5 Å². The van der Waals surface area contributed by atoms with Crippen LogP contribution in [0.4, 0.5) is 5.13 Å². The Balaban J connectivity index is 1.72. The molecule has 0 spiro atoms. The molecular formula is C23H16BrN3O4S. The van der Waals surface area contributed by atoms with E-state index >= 15 is 0 Å². The molecule has 32 heavy (non-hydrogen) atoms. The first-order valence-corrected chi connectivity index (χ1v) is 11.3. The van der Waals surface area contributed by atoms with Gasteiger partial charge in [-0.2, -0.15) is 0 Å². The highest BCUT2D eigenvalue weighted by molar-refractivity contribution is 9.10. The van der Waals surface area contributed by atoms with Crippen molar-refractivity contribution < 1.29 is 13.9 Å². The van der Waals surface area contributed by atoms with E-state index in [4.69, 9.17) is 9.15 Å². The number of nitrogens with zero attached hydrogens (tertiary/aromatic N) is 3. The zero-order chi connectivity index (χ0) is 22.4. The second-order valence-electron chi connectivity index (χ2n) is 7.16. The summed E-state index contributed by atoms with van der Waals surface area (Å²) in [7, 11) is 0. The Morgan fingerprint density at radius 2 is 2.00 bits per heavy atom. The number of carbonyl (C=O) groups is 1. The number of benzene rings is 2. The molecule has 1 unspecified atom stereocenters. The van der Waals surface area contributed by atoms with Crippen LogP contribution in [0.3, 0.4) is 0 Å². The maximum atomic E-state index is 13.6. The third-order valence-corrected chi connectivity index (χ3v) is 6.45. The number of aryl methyl sites for hydroxylation is 1. The first-order chi connectivity index (χ1) is 15.5. The molecule has 1 aliphatic rings. The minimum Gasteiger partial charge on any atom is -0.490 e. The Labute approximate surface area is 195 Å². The Morgan fingerprint density at radius 3 is 2.69 bits per heavy atom. The zero-order valence-corrected chi connectivity index (χ0v) is 19.3. The van der Waals surface area contributed by atoms with Crippen molar-refractivity contribution in [3.05, 3.63) is 91.7 Å². The molecule has 0 saturated carbocycles. The van der Waals surface area contributed by atoms with Crippen molar-refractivity contribution in [2.24, 2.45) is 0 Å². The normalized spacial score (nSPS) is 15.2. The van der Waals surface area contributed by atoms with Gasteiger partial charge in [-0.15, -0.1) is 10.2 Å². The van der Waals surface area contributed by atoms with Gasteiger partial charge >= 0.3 is 0 Å². The average molecular weight is 510 g/mol. The molecule has 1 atom stereocenters. The van der Waals surface area contributed by atoms with Crippen molar-refractivity contribution >= 4 is 49.3 Å². The quantitative estimate of drug-likeness (QED) is 0.350. The van der Waals surface area contributed by atoms with Crippen LogP contribution >= 0.6 is 27.3 Å². The molecule has 4 aromatic rings. The number of anilines is 1. The second kappa shape index (κ2) is 7.99. The van der Waals surface area contributed by atoms with Gasteiger partial charge in [-0.1, -0.05) is 52.1 Å². The number of fused-ring (bicyclic) bond motifs is 2. The summed E-state index contributed by atoms with van der Waals surface area (Å²) in [6.45, 7) is 5.84. The molecule has 1 aliphatic heterocycles. The van der Waals surface area contributed by atoms with Gasteiger partial charge in [0.15, 0.2) is 5.43 Å². The van der Waals surface area contributed by atoms with Crippen molar-refractivity contribution in [2.45, 2.75) is 13.0 Å². The second-order valence-corrected chi connectivity index (χ2v) is 9.24. The summed E-state index contributed by atoms with van der Waals surface area (Å²) in [6, 6.07) is 11.7. The maximum Gasteiger partial charge on any atom is 0.297 e. The van der Waals surface area contributed by atoms with E-state index in [2.05, 4.69) is 32.7 Å². The SMILES string of the molecule is C=CCOc1ccc(C2c3c(oc4ccc(Br)cc4c3=O)C(=O)N2c2nnc(C)s2)cc1. The molecule has 7 nitrogen and oxygen atoms in total. The molecule has 160 valence electrons. The first-order valence-electron chi connectivity index (χ1n) is 9.71. The summed E-state index contributed by atoms with van der Waals surface area (Å²) in [6.07, 6.45) is 1.66. The molecule has 1 amide bonds. The van der Waals surface area contributed by atoms with Gasteiger partial charge in [0.1, 0.15) is 22.9 Å². The Morgan fingerprint density at radius 1 is 1.22 bits per heavy atom. The zero-order valence-electron chi connectivity index (χ0n) is 16.9. The molecule has 3 heterocycles. The van der Waals surface area contributed by atoms with E-state index in [-0.39, 0.29) is 16.8 Å². The van der Waals surface area contributed by atoms with E-state index in [9.17, 15) is 9.59 Å². The Kier molecular flexibility index (Phi) is 5.15. The molecule has 0 aliphatic carbocycles. The van der Waals surface area contributed by atoms with Gasteiger partial charge in [-0.25, -0.2) is 0 Å². The van der Waals surface area contributed by atoms with Crippen molar-refractivity contribution in [1.82, 2.24) is 10.2 Å². The number of carbonyl (C=O) groups excluding carboxylic acids is 1. The molecule has 0 fully saturated rings. The van der Waals surface area contributed by atoms with Crippen LogP contribution in [0.5, 0.6) is 5.75 Å². The molecule has 5 rings (SSSR count). The van der Waals surface area contributed by atoms with Gasteiger partial charge in [0.25, 0.3) is 5.91 Å². The van der Waals surface area contributed by atoms with Gasteiger partial charge in [0.05, 0.1) is 17.0 Å². The standard InChI is InChI=1S/C23H16BrN3O4S/c1-3-10-30-15-7-4-13(5-8-15)19-18-20(28)16-11-14(24)6-9-17(16)31-21(18)22(29)27(19)23-26-25-12(2)32-23/h3-9,11,19H,1,10H2,2H3. The monoisotopic (exact) mass is 509 g/mol. The van der Waals surface area contributed by atoms with Crippen molar-refractivity contribution in [3.8, 4) is 5.75 Å². The number of hydrogen-bond donors (Lipinski definition) is 0. The van der Waals surface area contributed by atoms with Crippen molar-refractivity contribution in [3.63, 3.8) is 0 Å². The lowest BCUT2D eigenvalue weighted by Gasteiger charge is -2.22. The summed E-state index contributed by atoms with van der Waals surface area (Å²) in [4.78, 5) is 28.5. The number of ether oxygens (including phenoxy) is 1. The van der Waals surface area contributed by atoms with E-state index in [1.807, 2.05) is 19.1 Å². The highest BCUT2D eigenvalue weighted by atomic mass is 79.9. The van der Waals surface area contributed by atoms with E-state index in [0.717, 1.165) is 10.0 Å². The van der Waals surface area contributed by atoms with Crippen LogP contribution in [0.2, 0.25) is 0 Å². The number of rotatable bonds is 5. The molecule has 2 aromatic carbocycles. The topological polar surface area (TPSA) is 85.5 Å². The lowest BCUT2D eigenvalue weighted by Crippen LogP contribution is -2.29. The molecule has 0 radical (unpaired) electrons. The van der Waals surface area contributed by atoms with Crippen LogP contribution < -0.4 is 15.1 Å². The van der Waals surface area contributed by atoms with Gasteiger partial charge < -0.3 is 9.15 Å². The van der Waals surface area contributed by atoms with E-state index in [0.29, 0.717) is 33.5 Å². The number of amides is 1. The largest absolute Gasteiger partial charge is 0.490 e. The maximum absolute atomic E-state index is 13.6. The van der Waals surface area contributed by atoms with E-state index in [1.165, 1.54) is 16.2 Å². The fourth-order valence-corrected chi connectivity index (χ4v) is 4.82. The van der Waals surface area contributed by atoms with Crippen LogP contribution in [0.15, 0.2) is 68.8 Å². The van der Waals surface area contributed by atoms with Crippen molar-refractivity contribution in [1.29, 1.82) is 0 Å². The Bertz CT molecular complexity index is 1430. The summed E-state index contributed by atoms with van der Waals surface area (Å²) in [5.41, 5.74) is 1.12. The fraction of sp³-hybridized carbons (Fsp3) is 0.130. The van der Waals surface area contributed by atoms with E-state index in [1.54, 1.807) is 36.4 Å². The predicted molar refractivity (Wildman–Crippen MR) is 126 cm³/mol. The molecule has 0 saturated heterocycles. The van der Waals surface area contributed by atoms with E-state index < -0.39 is 11.9 Å². The smallest absolute Gasteiger partial charge is 0.297 e. The molecule has 0 N–H and O–H groups in total. The third kappa shape index (κ3) is 3.34. The van der Waals surface area contributed by atoms with Crippen LogP contribution in [0, 0.1) is 6.92 Å². The lowest BCUT2D eigenvalue weighted by molar-refractivity contribution is 0.0970. The van der Waals surface area contributed by atoms with Gasteiger partial charge in [-0.05, 0) is 42.8 Å². The summed E-state index contributed by atoms with van der Waals surface area (Å²) >= 11 is 4.68. The fourth-order valence-electron chi connectivity index (χ4n) is 3.74. The molecular weight excluding hydrogens is 494 g/mol. The first kappa shape index (κ1) is 20.6. The van der Waals surface area contributed by atoms with Crippen LogP contribution in [-0.4, -0.2) is 22.7 Å². The highest BCUT2D eigenvalue weighted by Crippen LogP contribution is 2.42. The predicted octanol–water partition coefficient (Wildman–Crippen LogP) is 5.03. The van der Waals surface area contributed by atoms with Crippen LogP contribution in [0.1, 0.15) is 32.7 Å².